The molecule has 0 saturated carbocycles. The Morgan fingerprint density at radius 1 is 1.21 bits per heavy atom. The first-order chi connectivity index (χ1) is 11.7. The van der Waals surface area contributed by atoms with Crippen LogP contribution in [0.15, 0.2) is 24.5 Å². The molecule has 2 aliphatic heterocycles. The number of aromatic nitrogens is 3. The molecular weight excluding hydrogens is 332 g/mol. The fourth-order valence-corrected chi connectivity index (χ4v) is 4.44. The van der Waals surface area contributed by atoms with Crippen molar-refractivity contribution in [1.29, 1.82) is 0 Å². The Hall–Kier alpha value is -1.83. The van der Waals surface area contributed by atoms with Crippen LogP contribution >= 0.6 is 11.8 Å². The van der Waals surface area contributed by atoms with E-state index in [1.807, 2.05) is 16.7 Å². The number of thioether (sulfide) groups is 1. The lowest BCUT2D eigenvalue weighted by molar-refractivity contribution is 0.268. The summed E-state index contributed by atoms with van der Waals surface area (Å²) in [6.07, 6.45) is 4.20. The number of benzene rings is 1. The Bertz CT molecular complexity index is 686. The number of anilines is 2. The van der Waals surface area contributed by atoms with Crippen LogP contribution in [0.5, 0.6) is 0 Å². The summed E-state index contributed by atoms with van der Waals surface area (Å²) < 4.78 is 30.4. The third-order valence-electron chi connectivity index (χ3n) is 4.57. The second kappa shape index (κ2) is 6.23. The Labute approximate surface area is 143 Å². The quantitative estimate of drug-likeness (QED) is 0.811. The third-order valence-corrected chi connectivity index (χ3v) is 6.20. The van der Waals surface area contributed by atoms with Gasteiger partial charge in [0.05, 0.1) is 6.20 Å². The minimum absolute atomic E-state index is 0.116. The average molecular weight is 351 g/mol. The number of aryl methyl sites for hydroxylation is 1. The highest BCUT2D eigenvalue weighted by Gasteiger charge is 2.49. The van der Waals surface area contributed by atoms with Crippen LogP contribution in [0.4, 0.5) is 20.2 Å². The molecular formula is C16H19F2N5S. The maximum Gasteiger partial charge on any atom is 0.151 e. The summed E-state index contributed by atoms with van der Waals surface area (Å²) in [6.45, 7) is 2.85. The number of hydrogen-bond acceptors (Lipinski definition) is 5. The fourth-order valence-electron chi connectivity index (χ4n) is 3.29. The zero-order chi connectivity index (χ0) is 16.6. The average Bonchev–Trinajstić information content (AvgIpc) is 2.96. The number of nitrogens with zero attached hydrogens (tertiary/aromatic N) is 4. The summed E-state index contributed by atoms with van der Waals surface area (Å²) in [5, 5.41) is 10.7. The van der Waals surface area contributed by atoms with Gasteiger partial charge in [-0.1, -0.05) is 5.21 Å². The van der Waals surface area contributed by atoms with Crippen molar-refractivity contribution in [3.8, 4) is 0 Å². The van der Waals surface area contributed by atoms with Crippen LogP contribution in [-0.2, 0) is 6.54 Å². The fraction of sp³-hybridized carbons (Fsp3) is 0.500. The maximum atomic E-state index is 14.3. The second-order valence-electron chi connectivity index (χ2n) is 6.58. The predicted octanol–water partition coefficient (Wildman–Crippen LogP) is 2.61. The zero-order valence-corrected chi connectivity index (χ0v) is 14.0. The smallest absolute Gasteiger partial charge is 0.151 e. The van der Waals surface area contributed by atoms with Crippen molar-refractivity contribution in [3.63, 3.8) is 0 Å². The van der Waals surface area contributed by atoms with Crippen molar-refractivity contribution < 1.29 is 8.78 Å². The van der Waals surface area contributed by atoms with E-state index in [2.05, 4.69) is 15.6 Å². The minimum atomic E-state index is -0.490. The summed E-state index contributed by atoms with van der Waals surface area (Å²) in [7, 11) is 0. The molecule has 0 amide bonds. The van der Waals surface area contributed by atoms with E-state index in [4.69, 9.17) is 0 Å². The van der Waals surface area contributed by atoms with Gasteiger partial charge in [-0.25, -0.2) is 8.78 Å². The van der Waals surface area contributed by atoms with E-state index in [0.717, 1.165) is 31.0 Å². The van der Waals surface area contributed by atoms with E-state index < -0.39 is 11.6 Å². The monoisotopic (exact) mass is 351 g/mol. The highest BCUT2D eigenvalue weighted by molar-refractivity contribution is 8.00. The van der Waals surface area contributed by atoms with E-state index in [1.54, 1.807) is 17.1 Å². The van der Waals surface area contributed by atoms with Gasteiger partial charge in [-0.2, -0.15) is 11.8 Å². The summed E-state index contributed by atoms with van der Waals surface area (Å²) in [5.41, 5.74) is 0.898. The van der Waals surface area contributed by atoms with Crippen molar-refractivity contribution in [2.75, 3.05) is 41.4 Å². The number of hydrogen-bond donors (Lipinski definition) is 1. The van der Waals surface area contributed by atoms with Gasteiger partial charge in [0.1, 0.15) is 5.69 Å². The van der Waals surface area contributed by atoms with Crippen LogP contribution in [0, 0.1) is 17.0 Å². The molecule has 1 spiro atoms. The minimum Gasteiger partial charge on any atom is -0.385 e. The van der Waals surface area contributed by atoms with E-state index >= 15 is 0 Å². The molecule has 2 aromatic rings. The Balaban J connectivity index is 1.33. The van der Waals surface area contributed by atoms with Gasteiger partial charge >= 0.3 is 0 Å². The van der Waals surface area contributed by atoms with E-state index in [0.29, 0.717) is 24.2 Å². The first-order valence-corrected chi connectivity index (χ1v) is 9.20. The molecule has 4 rings (SSSR count). The number of halogens is 2. The molecule has 2 saturated heterocycles. The van der Waals surface area contributed by atoms with Crippen molar-refractivity contribution in [2.45, 2.75) is 13.0 Å². The van der Waals surface area contributed by atoms with Gasteiger partial charge in [-0.05, 0) is 18.6 Å². The second-order valence-corrected chi connectivity index (χ2v) is 7.57. The van der Waals surface area contributed by atoms with Crippen LogP contribution in [-0.4, -0.2) is 46.1 Å². The topological polar surface area (TPSA) is 46.0 Å². The summed E-state index contributed by atoms with van der Waals surface area (Å²) in [6, 6.07) is 2.77. The normalized spacial score (nSPS) is 18.3. The van der Waals surface area contributed by atoms with E-state index in [-0.39, 0.29) is 5.69 Å². The third kappa shape index (κ3) is 2.94. The first-order valence-electron chi connectivity index (χ1n) is 8.05. The molecule has 8 heteroatoms. The Morgan fingerprint density at radius 2 is 1.96 bits per heavy atom. The highest BCUT2D eigenvalue weighted by atomic mass is 32.2. The van der Waals surface area contributed by atoms with Crippen LogP contribution in [0.3, 0.4) is 0 Å². The van der Waals surface area contributed by atoms with Crippen molar-refractivity contribution >= 4 is 23.1 Å². The van der Waals surface area contributed by atoms with Gasteiger partial charge < -0.3 is 10.2 Å². The van der Waals surface area contributed by atoms with E-state index in [1.165, 1.54) is 12.1 Å². The molecule has 0 radical (unpaired) electrons. The molecule has 2 aliphatic rings. The number of rotatable bonds is 6. The van der Waals surface area contributed by atoms with Crippen LogP contribution in [0.1, 0.15) is 6.42 Å². The van der Waals surface area contributed by atoms with E-state index in [9.17, 15) is 8.78 Å². The molecule has 1 aromatic heterocycles. The van der Waals surface area contributed by atoms with Crippen LogP contribution in [0.2, 0.25) is 0 Å². The molecule has 1 aromatic carbocycles. The molecule has 5 nitrogen and oxygen atoms in total. The van der Waals surface area contributed by atoms with Crippen molar-refractivity contribution in [2.24, 2.45) is 5.41 Å². The predicted molar refractivity (Wildman–Crippen MR) is 91.5 cm³/mol. The lowest BCUT2D eigenvalue weighted by Crippen LogP contribution is -2.63. The van der Waals surface area contributed by atoms with Crippen molar-refractivity contribution in [3.05, 3.63) is 36.2 Å². The molecule has 0 atom stereocenters. The highest BCUT2D eigenvalue weighted by Crippen LogP contribution is 2.47. The van der Waals surface area contributed by atoms with Gasteiger partial charge in [0.25, 0.3) is 0 Å². The zero-order valence-electron chi connectivity index (χ0n) is 13.2. The van der Waals surface area contributed by atoms with Crippen molar-refractivity contribution in [1.82, 2.24) is 15.0 Å². The summed E-state index contributed by atoms with van der Waals surface area (Å²) >= 11 is 1.90. The SMILES string of the molecule is Fc1cc(NCCCn2ccnn2)cc(F)c1N1CC2(CSC2)C1. The Morgan fingerprint density at radius 3 is 2.54 bits per heavy atom. The van der Waals surface area contributed by atoms with Crippen LogP contribution in [0.25, 0.3) is 0 Å². The number of nitrogens with one attached hydrogen (secondary N) is 1. The largest absolute Gasteiger partial charge is 0.385 e. The lowest BCUT2D eigenvalue weighted by Gasteiger charge is -2.56. The van der Waals surface area contributed by atoms with Crippen LogP contribution < -0.4 is 10.2 Å². The molecule has 24 heavy (non-hydrogen) atoms. The molecule has 3 heterocycles. The van der Waals surface area contributed by atoms with Gasteiger partial charge in [0.2, 0.25) is 0 Å². The lowest BCUT2D eigenvalue weighted by atomic mass is 9.82. The molecule has 1 N–H and O–H groups in total. The van der Waals surface area contributed by atoms with Gasteiger partial charge in [-0.15, -0.1) is 5.10 Å². The molecule has 128 valence electrons. The Kier molecular flexibility index (Phi) is 4.07. The molecule has 2 fully saturated rings. The summed E-state index contributed by atoms with van der Waals surface area (Å²) in [5.74, 6) is 1.24. The first kappa shape index (κ1) is 15.7. The molecule has 0 aliphatic carbocycles. The molecule has 0 unspecified atom stereocenters. The van der Waals surface area contributed by atoms with Gasteiger partial charge in [0, 0.05) is 55.0 Å². The maximum absolute atomic E-state index is 14.3. The molecule has 0 bridgehead atoms. The van der Waals surface area contributed by atoms with Gasteiger partial charge in [-0.3, -0.25) is 4.68 Å². The summed E-state index contributed by atoms with van der Waals surface area (Å²) in [4.78, 5) is 1.82. The van der Waals surface area contributed by atoms with Gasteiger partial charge in [0.15, 0.2) is 11.6 Å². The standard InChI is InChI=1S/C16H19F2N5S/c17-13-6-12(19-2-1-4-23-5-3-20-21-23)7-14(18)15(13)22-8-16(9-22)10-24-11-16/h3,5-7,19H,1-2,4,8-11H2.